The van der Waals surface area contributed by atoms with E-state index in [1.807, 2.05) is 30.3 Å². The molecule has 0 unspecified atom stereocenters. The number of ether oxygens (including phenoxy) is 2. The van der Waals surface area contributed by atoms with Crippen LogP contribution < -0.4 is 9.47 Å². The lowest BCUT2D eigenvalue weighted by Gasteiger charge is -2.32. The number of methoxy groups -OCH3 is 1. The first-order valence-electron chi connectivity index (χ1n) is 9.05. The van der Waals surface area contributed by atoms with Crippen molar-refractivity contribution in [2.24, 2.45) is 0 Å². The maximum atomic E-state index is 6.09. The fraction of sp³-hybridized carbons (Fsp3) is 0.429. The predicted molar refractivity (Wildman–Crippen MR) is 102 cm³/mol. The van der Waals surface area contributed by atoms with E-state index in [0.717, 1.165) is 36.6 Å². The SMILES string of the molecule is COc1ccc(Oc2ccccc2CCCN2CCN(C)CC2)cc1. The second kappa shape index (κ2) is 8.88. The first-order valence-corrected chi connectivity index (χ1v) is 9.05. The first-order chi connectivity index (χ1) is 12.2. The molecule has 3 rings (SSSR count). The van der Waals surface area contributed by atoms with Crippen molar-refractivity contribution in [3.05, 3.63) is 54.1 Å². The molecule has 0 bridgehead atoms. The summed E-state index contributed by atoms with van der Waals surface area (Å²) in [5.41, 5.74) is 1.27. The number of piperazine rings is 1. The van der Waals surface area contributed by atoms with Gasteiger partial charge in [-0.3, -0.25) is 0 Å². The molecule has 4 heteroatoms. The van der Waals surface area contributed by atoms with Gasteiger partial charge in [0.15, 0.2) is 0 Å². The molecule has 1 aliphatic heterocycles. The fourth-order valence-corrected chi connectivity index (χ4v) is 3.15. The van der Waals surface area contributed by atoms with Crippen LogP contribution in [0.2, 0.25) is 0 Å². The zero-order chi connectivity index (χ0) is 17.5. The number of hydrogen-bond donors (Lipinski definition) is 0. The molecular weight excluding hydrogens is 312 g/mol. The molecule has 1 fully saturated rings. The Kier molecular flexibility index (Phi) is 6.31. The second-order valence-electron chi connectivity index (χ2n) is 6.63. The van der Waals surface area contributed by atoms with Crippen molar-refractivity contribution in [2.45, 2.75) is 12.8 Å². The Hall–Kier alpha value is -2.04. The number of hydrogen-bond acceptors (Lipinski definition) is 4. The number of benzene rings is 2. The quantitative estimate of drug-likeness (QED) is 0.768. The van der Waals surface area contributed by atoms with Crippen molar-refractivity contribution >= 4 is 0 Å². The van der Waals surface area contributed by atoms with Crippen LogP contribution >= 0.6 is 0 Å². The van der Waals surface area contributed by atoms with Crippen molar-refractivity contribution in [1.82, 2.24) is 9.80 Å². The lowest BCUT2D eigenvalue weighted by atomic mass is 10.1. The Labute approximate surface area is 151 Å². The summed E-state index contributed by atoms with van der Waals surface area (Å²) >= 11 is 0. The molecule has 0 N–H and O–H groups in total. The highest BCUT2D eigenvalue weighted by Gasteiger charge is 2.13. The van der Waals surface area contributed by atoms with Gasteiger partial charge >= 0.3 is 0 Å². The molecule has 0 aliphatic carbocycles. The van der Waals surface area contributed by atoms with Gasteiger partial charge in [0.2, 0.25) is 0 Å². The molecule has 0 spiro atoms. The Morgan fingerprint density at radius 2 is 1.56 bits per heavy atom. The molecule has 134 valence electrons. The third-order valence-corrected chi connectivity index (χ3v) is 4.78. The molecule has 0 atom stereocenters. The topological polar surface area (TPSA) is 24.9 Å². The van der Waals surface area contributed by atoms with Crippen molar-refractivity contribution in [2.75, 3.05) is 46.9 Å². The van der Waals surface area contributed by atoms with E-state index in [-0.39, 0.29) is 0 Å². The zero-order valence-electron chi connectivity index (χ0n) is 15.3. The molecular formula is C21H28N2O2. The third kappa shape index (κ3) is 5.21. The molecule has 0 aromatic heterocycles. The minimum absolute atomic E-state index is 0.840. The maximum absolute atomic E-state index is 6.09. The van der Waals surface area contributed by atoms with Gasteiger partial charge in [0.1, 0.15) is 17.2 Å². The van der Waals surface area contributed by atoms with Crippen LogP contribution in [-0.4, -0.2) is 56.7 Å². The minimum Gasteiger partial charge on any atom is -0.497 e. The summed E-state index contributed by atoms with van der Waals surface area (Å²) in [6, 6.07) is 16.1. The molecule has 2 aromatic rings. The van der Waals surface area contributed by atoms with Gasteiger partial charge in [0.25, 0.3) is 0 Å². The summed E-state index contributed by atoms with van der Waals surface area (Å²) in [5, 5.41) is 0. The molecule has 25 heavy (non-hydrogen) atoms. The third-order valence-electron chi connectivity index (χ3n) is 4.78. The fourth-order valence-electron chi connectivity index (χ4n) is 3.15. The van der Waals surface area contributed by atoms with E-state index < -0.39 is 0 Å². The van der Waals surface area contributed by atoms with Crippen LogP contribution in [0.15, 0.2) is 48.5 Å². The van der Waals surface area contributed by atoms with E-state index >= 15 is 0 Å². The summed E-state index contributed by atoms with van der Waals surface area (Å²) in [6.45, 7) is 5.88. The van der Waals surface area contributed by atoms with E-state index in [1.54, 1.807) is 7.11 Å². The van der Waals surface area contributed by atoms with E-state index in [9.17, 15) is 0 Å². The number of aryl methyl sites for hydroxylation is 1. The molecule has 0 radical (unpaired) electrons. The predicted octanol–water partition coefficient (Wildman–Crippen LogP) is 3.67. The van der Waals surface area contributed by atoms with Crippen LogP contribution in [-0.2, 0) is 6.42 Å². The number of nitrogens with zero attached hydrogens (tertiary/aromatic N) is 2. The molecule has 2 aromatic carbocycles. The van der Waals surface area contributed by atoms with Gasteiger partial charge in [-0.05, 0) is 62.3 Å². The van der Waals surface area contributed by atoms with E-state index in [4.69, 9.17) is 9.47 Å². The Morgan fingerprint density at radius 3 is 2.28 bits per heavy atom. The van der Waals surface area contributed by atoms with Gasteiger partial charge < -0.3 is 19.3 Å². The Bertz CT molecular complexity index is 649. The number of rotatable bonds is 7. The summed E-state index contributed by atoms with van der Waals surface area (Å²) in [4.78, 5) is 4.96. The molecule has 1 saturated heterocycles. The van der Waals surface area contributed by atoms with Gasteiger partial charge in [0, 0.05) is 26.2 Å². The highest BCUT2D eigenvalue weighted by molar-refractivity contribution is 5.39. The van der Waals surface area contributed by atoms with Crippen LogP contribution in [0, 0.1) is 0 Å². The molecule has 1 heterocycles. The molecule has 0 amide bonds. The van der Waals surface area contributed by atoms with Gasteiger partial charge in [-0.15, -0.1) is 0 Å². The van der Waals surface area contributed by atoms with Crippen molar-refractivity contribution in [3.8, 4) is 17.2 Å². The van der Waals surface area contributed by atoms with Crippen LogP contribution in [0.3, 0.4) is 0 Å². The zero-order valence-corrected chi connectivity index (χ0v) is 15.3. The average molecular weight is 340 g/mol. The Morgan fingerprint density at radius 1 is 0.880 bits per heavy atom. The monoisotopic (exact) mass is 340 g/mol. The van der Waals surface area contributed by atoms with Crippen LogP contribution in [0.25, 0.3) is 0 Å². The Balaban J connectivity index is 1.55. The van der Waals surface area contributed by atoms with E-state index in [2.05, 4.69) is 35.0 Å². The van der Waals surface area contributed by atoms with E-state index in [0.29, 0.717) is 0 Å². The summed E-state index contributed by atoms with van der Waals surface area (Å²) < 4.78 is 11.3. The van der Waals surface area contributed by atoms with Gasteiger partial charge in [0.05, 0.1) is 7.11 Å². The second-order valence-corrected chi connectivity index (χ2v) is 6.63. The molecule has 4 nitrogen and oxygen atoms in total. The van der Waals surface area contributed by atoms with Crippen LogP contribution in [0.5, 0.6) is 17.2 Å². The summed E-state index contributed by atoms with van der Waals surface area (Å²) in [5.74, 6) is 2.63. The minimum atomic E-state index is 0.840. The number of likely N-dealkylation sites (N-methyl/N-ethyl adjacent to an activating group) is 1. The lowest BCUT2D eigenvalue weighted by Crippen LogP contribution is -2.44. The van der Waals surface area contributed by atoms with Crippen molar-refractivity contribution < 1.29 is 9.47 Å². The normalized spacial score (nSPS) is 15.9. The first kappa shape index (κ1) is 17.8. The number of para-hydroxylation sites is 1. The summed E-state index contributed by atoms with van der Waals surface area (Å²) in [6.07, 6.45) is 2.20. The van der Waals surface area contributed by atoms with Crippen molar-refractivity contribution in [3.63, 3.8) is 0 Å². The molecule has 0 saturated carbocycles. The smallest absolute Gasteiger partial charge is 0.130 e. The largest absolute Gasteiger partial charge is 0.497 e. The maximum Gasteiger partial charge on any atom is 0.130 e. The highest BCUT2D eigenvalue weighted by atomic mass is 16.5. The average Bonchev–Trinajstić information content (AvgIpc) is 2.65. The van der Waals surface area contributed by atoms with Crippen LogP contribution in [0.1, 0.15) is 12.0 Å². The van der Waals surface area contributed by atoms with E-state index in [1.165, 1.54) is 31.7 Å². The van der Waals surface area contributed by atoms with Gasteiger partial charge in [-0.25, -0.2) is 0 Å². The standard InChI is InChI=1S/C21H28N2O2/c1-22-14-16-23(17-15-22)13-5-7-18-6-3-4-8-21(18)25-20-11-9-19(24-2)10-12-20/h3-4,6,8-12H,5,7,13-17H2,1-2H3. The van der Waals surface area contributed by atoms with Gasteiger partial charge in [-0.1, -0.05) is 18.2 Å². The summed E-state index contributed by atoms with van der Waals surface area (Å²) in [7, 11) is 3.87. The lowest BCUT2D eigenvalue weighted by molar-refractivity contribution is 0.153. The van der Waals surface area contributed by atoms with Crippen LogP contribution in [0.4, 0.5) is 0 Å². The van der Waals surface area contributed by atoms with Gasteiger partial charge in [-0.2, -0.15) is 0 Å². The van der Waals surface area contributed by atoms with Crippen molar-refractivity contribution in [1.29, 1.82) is 0 Å². The highest BCUT2D eigenvalue weighted by Crippen LogP contribution is 2.27. The molecule has 1 aliphatic rings.